The fourth-order valence-corrected chi connectivity index (χ4v) is 2.95. The van der Waals surface area contributed by atoms with Crippen molar-refractivity contribution in [3.8, 4) is 11.4 Å². The third kappa shape index (κ3) is 2.61. The molecular weight excluding hydrogens is 329 g/mol. The first-order valence-corrected chi connectivity index (χ1v) is 7.13. The van der Waals surface area contributed by atoms with Gasteiger partial charge in [0.15, 0.2) is 0 Å². The smallest absolute Gasteiger partial charge is 0.139 e. The number of hydrogen-bond acceptors (Lipinski definition) is 3. The molecule has 2 aromatic rings. The molecule has 1 aromatic heterocycles. The topological polar surface area (TPSA) is 40.7 Å². The molecule has 3 nitrogen and oxygen atoms in total. The standard InChI is InChI=1S/C13H11BrFN3S/c14-8-3-7(4-9(15)5-8)12-17-11-1-2-16-6-10(11)13(19)18-12/h3-5,16H,1-2,6H2,(H,17,18,19). The summed E-state index contributed by atoms with van der Waals surface area (Å²) in [5, 5.41) is 3.27. The van der Waals surface area contributed by atoms with Crippen LogP contribution < -0.4 is 5.32 Å². The van der Waals surface area contributed by atoms with E-state index in [4.69, 9.17) is 12.2 Å². The molecule has 1 aromatic carbocycles. The van der Waals surface area contributed by atoms with Crippen molar-refractivity contribution in [1.82, 2.24) is 15.3 Å². The first-order chi connectivity index (χ1) is 9.13. The van der Waals surface area contributed by atoms with E-state index in [1.165, 1.54) is 12.1 Å². The van der Waals surface area contributed by atoms with Crippen LogP contribution in [0.2, 0.25) is 0 Å². The lowest BCUT2D eigenvalue weighted by Crippen LogP contribution is -2.25. The summed E-state index contributed by atoms with van der Waals surface area (Å²) in [6.45, 7) is 1.65. The quantitative estimate of drug-likeness (QED) is 0.783. The highest BCUT2D eigenvalue weighted by molar-refractivity contribution is 9.10. The normalized spacial score (nSPS) is 14.2. The first kappa shape index (κ1) is 12.9. The molecule has 0 atom stereocenters. The molecule has 0 saturated heterocycles. The van der Waals surface area contributed by atoms with Crippen molar-refractivity contribution in [3.63, 3.8) is 0 Å². The lowest BCUT2D eigenvalue weighted by atomic mass is 10.1. The lowest BCUT2D eigenvalue weighted by Gasteiger charge is -2.17. The zero-order valence-electron chi connectivity index (χ0n) is 9.96. The van der Waals surface area contributed by atoms with Crippen molar-refractivity contribution in [2.24, 2.45) is 0 Å². The Morgan fingerprint density at radius 1 is 1.32 bits per heavy atom. The van der Waals surface area contributed by atoms with E-state index in [0.29, 0.717) is 20.5 Å². The summed E-state index contributed by atoms with van der Waals surface area (Å²) in [6.07, 6.45) is 0.880. The molecule has 0 spiro atoms. The summed E-state index contributed by atoms with van der Waals surface area (Å²) >= 11 is 8.60. The fourth-order valence-electron chi connectivity index (χ4n) is 2.19. The highest BCUT2D eigenvalue weighted by Crippen LogP contribution is 2.24. The maximum atomic E-state index is 13.4. The highest BCUT2D eigenvalue weighted by Gasteiger charge is 2.14. The minimum absolute atomic E-state index is 0.301. The summed E-state index contributed by atoms with van der Waals surface area (Å²) in [5.41, 5.74) is 2.83. The second-order valence-corrected chi connectivity index (χ2v) is 5.73. The Hall–Kier alpha value is -1.11. The van der Waals surface area contributed by atoms with Gasteiger partial charge >= 0.3 is 0 Å². The van der Waals surface area contributed by atoms with Gasteiger partial charge in [0, 0.05) is 40.8 Å². The van der Waals surface area contributed by atoms with Crippen LogP contribution in [-0.2, 0) is 13.0 Å². The van der Waals surface area contributed by atoms with Crippen LogP contribution in [0.4, 0.5) is 4.39 Å². The SMILES string of the molecule is Fc1cc(Br)cc(-c2nc(=S)c3c([nH]2)CCNC3)c1. The Bertz CT molecular complexity index is 679. The maximum Gasteiger partial charge on any atom is 0.139 e. The third-order valence-electron chi connectivity index (χ3n) is 3.09. The van der Waals surface area contributed by atoms with Gasteiger partial charge in [0.2, 0.25) is 0 Å². The van der Waals surface area contributed by atoms with E-state index in [9.17, 15) is 4.39 Å². The van der Waals surface area contributed by atoms with Gasteiger partial charge < -0.3 is 10.3 Å². The average Bonchev–Trinajstić information content (AvgIpc) is 2.37. The van der Waals surface area contributed by atoms with Gasteiger partial charge in [-0.3, -0.25) is 0 Å². The van der Waals surface area contributed by atoms with Gasteiger partial charge in [-0.1, -0.05) is 28.1 Å². The predicted molar refractivity (Wildman–Crippen MR) is 77.9 cm³/mol. The van der Waals surface area contributed by atoms with E-state index in [1.807, 2.05) is 6.07 Å². The van der Waals surface area contributed by atoms with Gasteiger partial charge in [-0.25, -0.2) is 9.37 Å². The zero-order chi connectivity index (χ0) is 13.4. The molecule has 0 saturated carbocycles. The summed E-state index contributed by atoms with van der Waals surface area (Å²) in [5.74, 6) is 0.315. The Balaban J connectivity index is 2.15. The van der Waals surface area contributed by atoms with E-state index in [1.54, 1.807) is 0 Å². The van der Waals surface area contributed by atoms with Crippen molar-refractivity contribution in [2.45, 2.75) is 13.0 Å². The van der Waals surface area contributed by atoms with Crippen LogP contribution in [0.3, 0.4) is 0 Å². The number of hydrogen-bond donors (Lipinski definition) is 2. The van der Waals surface area contributed by atoms with E-state index >= 15 is 0 Å². The van der Waals surface area contributed by atoms with Crippen LogP contribution in [0.15, 0.2) is 22.7 Å². The number of aromatic amines is 1. The molecule has 0 bridgehead atoms. The van der Waals surface area contributed by atoms with Crippen LogP contribution in [0, 0.1) is 10.5 Å². The molecule has 0 radical (unpaired) electrons. The highest BCUT2D eigenvalue weighted by atomic mass is 79.9. The van der Waals surface area contributed by atoms with Crippen LogP contribution in [0.1, 0.15) is 11.3 Å². The molecule has 98 valence electrons. The largest absolute Gasteiger partial charge is 0.343 e. The Labute approximate surface area is 123 Å². The molecule has 19 heavy (non-hydrogen) atoms. The van der Waals surface area contributed by atoms with Crippen LogP contribution in [0.25, 0.3) is 11.4 Å². The number of benzene rings is 1. The molecule has 0 unspecified atom stereocenters. The number of fused-ring (bicyclic) bond motifs is 1. The molecule has 2 heterocycles. The molecule has 3 rings (SSSR count). The van der Waals surface area contributed by atoms with Crippen LogP contribution >= 0.6 is 28.1 Å². The second kappa shape index (κ2) is 5.11. The summed E-state index contributed by atoms with van der Waals surface area (Å²) in [6, 6.07) is 4.69. The number of halogens is 2. The average molecular weight is 340 g/mol. The first-order valence-electron chi connectivity index (χ1n) is 5.93. The van der Waals surface area contributed by atoms with Gasteiger partial charge in [-0.15, -0.1) is 0 Å². The second-order valence-electron chi connectivity index (χ2n) is 4.43. The molecule has 0 fully saturated rings. The molecule has 2 N–H and O–H groups in total. The van der Waals surface area contributed by atoms with E-state index in [-0.39, 0.29) is 5.82 Å². The molecular formula is C13H11BrFN3S. The van der Waals surface area contributed by atoms with Gasteiger partial charge in [0.05, 0.1) is 0 Å². The minimum atomic E-state index is -0.301. The van der Waals surface area contributed by atoms with E-state index in [2.05, 4.69) is 31.2 Å². The summed E-state index contributed by atoms with van der Waals surface area (Å²) in [7, 11) is 0. The zero-order valence-corrected chi connectivity index (χ0v) is 12.4. The molecule has 1 aliphatic heterocycles. The Morgan fingerprint density at radius 2 is 2.16 bits per heavy atom. The van der Waals surface area contributed by atoms with Crippen LogP contribution in [0.5, 0.6) is 0 Å². The summed E-state index contributed by atoms with van der Waals surface area (Å²) in [4.78, 5) is 7.64. The lowest BCUT2D eigenvalue weighted by molar-refractivity contribution is 0.622. The number of rotatable bonds is 1. The van der Waals surface area contributed by atoms with Gasteiger partial charge in [0.1, 0.15) is 16.3 Å². The summed E-state index contributed by atoms with van der Waals surface area (Å²) < 4.78 is 14.7. The van der Waals surface area contributed by atoms with Gasteiger partial charge in [0.25, 0.3) is 0 Å². The number of nitrogens with zero attached hydrogens (tertiary/aromatic N) is 1. The Morgan fingerprint density at radius 3 is 2.95 bits per heavy atom. The minimum Gasteiger partial charge on any atom is -0.343 e. The van der Waals surface area contributed by atoms with E-state index in [0.717, 1.165) is 30.8 Å². The van der Waals surface area contributed by atoms with Crippen molar-refractivity contribution in [1.29, 1.82) is 0 Å². The fraction of sp³-hybridized carbons (Fsp3) is 0.231. The molecule has 0 amide bonds. The Kier molecular flexibility index (Phi) is 3.47. The molecule has 1 aliphatic rings. The van der Waals surface area contributed by atoms with Crippen molar-refractivity contribution >= 4 is 28.1 Å². The number of nitrogens with one attached hydrogen (secondary N) is 2. The number of H-pyrrole nitrogens is 1. The van der Waals surface area contributed by atoms with Gasteiger partial charge in [-0.05, 0) is 18.2 Å². The van der Waals surface area contributed by atoms with Crippen molar-refractivity contribution in [3.05, 3.63) is 44.4 Å². The maximum absolute atomic E-state index is 13.4. The van der Waals surface area contributed by atoms with Crippen molar-refractivity contribution < 1.29 is 4.39 Å². The van der Waals surface area contributed by atoms with Gasteiger partial charge in [-0.2, -0.15) is 0 Å². The monoisotopic (exact) mass is 339 g/mol. The number of aromatic nitrogens is 2. The van der Waals surface area contributed by atoms with Crippen molar-refractivity contribution in [2.75, 3.05) is 6.54 Å². The molecule has 6 heteroatoms. The third-order valence-corrected chi connectivity index (χ3v) is 3.89. The predicted octanol–water partition coefficient (Wildman–Crippen LogP) is 3.35. The van der Waals surface area contributed by atoms with Crippen LogP contribution in [-0.4, -0.2) is 16.5 Å². The van der Waals surface area contributed by atoms with E-state index < -0.39 is 0 Å². The molecule has 0 aliphatic carbocycles.